The molecule has 0 aliphatic heterocycles. The predicted octanol–water partition coefficient (Wildman–Crippen LogP) is 3.88. The zero-order valence-electron chi connectivity index (χ0n) is 13.4. The highest BCUT2D eigenvalue weighted by Crippen LogP contribution is 2.25. The Labute approximate surface area is 131 Å². The van der Waals surface area contributed by atoms with Crippen molar-refractivity contribution in [2.45, 2.75) is 20.8 Å². The number of nitrogens with two attached hydrogens (primary N) is 1. The summed E-state index contributed by atoms with van der Waals surface area (Å²) in [5.41, 5.74) is 10.1. The third-order valence-electron chi connectivity index (χ3n) is 3.75. The van der Waals surface area contributed by atoms with Crippen LogP contribution in [-0.2, 0) is 0 Å². The number of hydrogen-bond acceptors (Lipinski definition) is 4. The lowest BCUT2D eigenvalue weighted by Crippen LogP contribution is -2.21. The van der Waals surface area contributed by atoms with Crippen LogP contribution < -0.4 is 10.6 Å². The highest BCUT2D eigenvalue weighted by molar-refractivity contribution is 5.86. The molecule has 0 radical (unpaired) electrons. The van der Waals surface area contributed by atoms with Crippen molar-refractivity contribution in [3.8, 4) is 5.75 Å². The Morgan fingerprint density at radius 1 is 1.14 bits per heavy atom. The molecule has 0 saturated carbocycles. The number of phenolic OH excluding ortho intramolecular Hbond substituents is 1. The quantitative estimate of drug-likeness (QED) is 0.650. The minimum Gasteiger partial charge on any atom is -0.507 e. The van der Waals surface area contributed by atoms with Crippen LogP contribution in [0.4, 0.5) is 17.1 Å². The van der Waals surface area contributed by atoms with Crippen molar-refractivity contribution in [1.82, 2.24) is 0 Å². The van der Waals surface area contributed by atoms with Crippen molar-refractivity contribution in [3.63, 3.8) is 0 Å². The summed E-state index contributed by atoms with van der Waals surface area (Å²) in [5, 5.41) is 10.2. The largest absolute Gasteiger partial charge is 0.507 e. The SMILES string of the molecule is CCN(CC)c1ccc(/C=N/c2ccc(N)c(C)c2)c(O)c1. The van der Waals surface area contributed by atoms with Crippen molar-refractivity contribution in [2.75, 3.05) is 23.7 Å². The smallest absolute Gasteiger partial charge is 0.126 e. The fourth-order valence-electron chi connectivity index (χ4n) is 2.31. The molecule has 0 amide bonds. The number of nitrogen functional groups attached to an aromatic ring is 1. The van der Waals surface area contributed by atoms with Gasteiger partial charge in [0.15, 0.2) is 0 Å². The van der Waals surface area contributed by atoms with Crippen LogP contribution in [0.3, 0.4) is 0 Å². The summed E-state index contributed by atoms with van der Waals surface area (Å²) in [6.07, 6.45) is 1.67. The molecular formula is C18H23N3O. The van der Waals surface area contributed by atoms with Gasteiger partial charge in [-0.25, -0.2) is 0 Å². The molecule has 22 heavy (non-hydrogen) atoms. The van der Waals surface area contributed by atoms with Crippen molar-refractivity contribution >= 4 is 23.3 Å². The maximum atomic E-state index is 10.2. The number of aliphatic imine (C=N–C) groups is 1. The molecule has 0 aliphatic rings. The van der Waals surface area contributed by atoms with E-state index in [-0.39, 0.29) is 5.75 Å². The molecule has 0 heterocycles. The van der Waals surface area contributed by atoms with Gasteiger partial charge in [0.25, 0.3) is 0 Å². The fourth-order valence-corrected chi connectivity index (χ4v) is 2.31. The van der Waals surface area contributed by atoms with Crippen LogP contribution in [0.5, 0.6) is 5.75 Å². The van der Waals surface area contributed by atoms with Crippen molar-refractivity contribution in [2.24, 2.45) is 4.99 Å². The third-order valence-corrected chi connectivity index (χ3v) is 3.75. The molecule has 4 heteroatoms. The van der Waals surface area contributed by atoms with E-state index in [1.54, 1.807) is 12.3 Å². The van der Waals surface area contributed by atoms with Gasteiger partial charge in [-0.2, -0.15) is 0 Å². The summed E-state index contributed by atoms with van der Waals surface area (Å²) < 4.78 is 0. The minimum atomic E-state index is 0.236. The monoisotopic (exact) mass is 297 g/mol. The molecular weight excluding hydrogens is 274 g/mol. The molecule has 0 saturated heterocycles. The summed E-state index contributed by atoms with van der Waals surface area (Å²) in [6, 6.07) is 11.3. The van der Waals surface area contributed by atoms with Crippen molar-refractivity contribution in [1.29, 1.82) is 0 Å². The maximum absolute atomic E-state index is 10.2. The first-order valence-electron chi connectivity index (χ1n) is 7.53. The van der Waals surface area contributed by atoms with Crippen molar-refractivity contribution < 1.29 is 5.11 Å². The third kappa shape index (κ3) is 3.58. The van der Waals surface area contributed by atoms with E-state index < -0.39 is 0 Å². The average Bonchev–Trinajstić information content (AvgIpc) is 2.51. The van der Waals surface area contributed by atoms with Crippen LogP contribution in [0.15, 0.2) is 41.4 Å². The van der Waals surface area contributed by atoms with Gasteiger partial charge in [-0.05, 0) is 56.7 Å². The number of phenols is 1. The second-order valence-corrected chi connectivity index (χ2v) is 5.21. The van der Waals surface area contributed by atoms with Crippen LogP contribution >= 0.6 is 0 Å². The van der Waals surface area contributed by atoms with Gasteiger partial charge in [-0.1, -0.05) is 0 Å². The first-order valence-corrected chi connectivity index (χ1v) is 7.53. The Kier molecular flexibility index (Phi) is 5.04. The van der Waals surface area contributed by atoms with E-state index in [1.165, 1.54) is 0 Å². The van der Waals surface area contributed by atoms with E-state index in [9.17, 15) is 5.11 Å². The average molecular weight is 297 g/mol. The summed E-state index contributed by atoms with van der Waals surface area (Å²) in [7, 11) is 0. The van der Waals surface area contributed by atoms with Crippen LogP contribution in [0, 0.1) is 6.92 Å². The number of benzene rings is 2. The van der Waals surface area contributed by atoms with E-state index in [1.807, 2.05) is 37.3 Å². The second-order valence-electron chi connectivity index (χ2n) is 5.21. The summed E-state index contributed by atoms with van der Waals surface area (Å²) >= 11 is 0. The Morgan fingerprint density at radius 3 is 2.45 bits per heavy atom. The molecule has 0 spiro atoms. The number of rotatable bonds is 5. The van der Waals surface area contributed by atoms with Crippen molar-refractivity contribution in [3.05, 3.63) is 47.5 Å². The molecule has 2 aromatic carbocycles. The molecule has 3 N–H and O–H groups in total. The number of anilines is 2. The zero-order chi connectivity index (χ0) is 16.1. The van der Waals surface area contributed by atoms with Gasteiger partial charge in [0.1, 0.15) is 5.75 Å². The molecule has 2 rings (SSSR count). The van der Waals surface area contributed by atoms with Gasteiger partial charge in [0.2, 0.25) is 0 Å². The summed E-state index contributed by atoms with van der Waals surface area (Å²) in [4.78, 5) is 6.58. The predicted molar refractivity (Wildman–Crippen MR) is 94.5 cm³/mol. The maximum Gasteiger partial charge on any atom is 0.126 e. The number of aryl methyl sites for hydroxylation is 1. The molecule has 0 bridgehead atoms. The number of aromatic hydroxyl groups is 1. The van der Waals surface area contributed by atoms with Gasteiger partial charge in [0, 0.05) is 42.3 Å². The van der Waals surface area contributed by atoms with Crippen LogP contribution in [0.25, 0.3) is 0 Å². The Balaban J connectivity index is 2.22. The summed E-state index contributed by atoms with van der Waals surface area (Å²) in [6.45, 7) is 7.96. The Bertz CT molecular complexity index is 676. The topological polar surface area (TPSA) is 61.8 Å². The van der Waals surface area contributed by atoms with E-state index in [2.05, 4.69) is 23.7 Å². The zero-order valence-corrected chi connectivity index (χ0v) is 13.4. The van der Waals surface area contributed by atoms with Crippen LogP contribution in [0.1, 0.15) is 25.0 Å². The van der Waals surface area contributed by atoms with E-state index >= 15 is 0 Å². The van der Waals surface area contributed by atoms with Gasteiger partial charge < -0.3 is 15.7 Å². The Hall–Kier alpha value is -2.49. The van der Waals surface area contributed by atoms with Crippen LogP contribution in [-0.4, -0.2) is 24.4 Å². The van der Waals surface area contributed by atoms with Gasteiger partial charge in [-0.3, -0.25) is 4.99 Å². The molecule has 0 fully saturated rings. The minimum absolute atomic E-state index is 0.236. The molecule has 0 aromatic heterocycles. The fraction of sp³-hybridized carbons (Fsp3) is 0.278. The molecule has 0 unspecified atom stereocenters. The lowest BCUT2D eigenvalue weighted by atomic mass is 10.1. The Morgan fingerprint density at radius 2 is 1.86 bits per heavy atom. The normalized spacial score (nSPS) is 11.0. The molecule has 116 valence electrons. The van der Waals surface area contributed by atoms with E-state index in [0.717, 1.165) is 35.7 Å². The number of hydrogen-bond donors (Lipinski definition) is 2. The second kappa shape index (κ2) is 6.98. The summed E-state index contributed by atoms with van der Waals surface area (Å²) in [5.74, 6) is 0.236. The first kappa shape index (κ1) is 15.9. The highest BCUT2D eigenvalue weighted by atomic mass is 16.3. The van der Waals surface area contributed by atoms with E-state index in [0.29, 0.717) is 5.56 Å². The molecule has 2 aromatic rings. The van der Waals surface area contributed by atoms with Gasteiger partial charge in [-0.15, -0.1) is 0 Å². The molecule has 0 aliphatic carbocycles. The lowest BCUT2D eigenvalue weighted by molar-refractivity contribution is 0.474. The van der Waals surface area contributed by atoms with Crippen LogP contribution in [0.2, 0.25) is 0 Å². The highest BCUT2D eigenvalue weighted by Gasteiger charge is 2.05. The lowest BCUT2D eigenvalue weighted by Gasteiger charge is -2.21. The standard InChI is InChI=1S/C18H23N3O/c1-4-21(5-2)16-8-6-14(18(22)11-16)12-20-15-7-9-17(19)13(3)10-15/h6-12,22H,4-5,19H2,1-3H3/b20-12+. The number of nitrogens with zero attached hydrogens (tertiary/aromatic N) is 2. The van der Waals surface area contributed by atoms with E-state index in [4.69, 9.17) is 5.73 Å². The van der Waals surface area contributed by atoms with Gasteiger partial charge >= 0.3 is 0 Å². The first-order chi connectivity index (χ1) is 10.5. The molecule has 0 atom stereocenters. The molecule has 4 nitrogen and oxygen atoms in total. The van der Waals surface area contributed by atoms with Gasteiger partial charge in [0.05, 0.1) is 5.69 Å².